The average Bonchev–Trinajstić information content (AvgIpc) is 3.36. The van der Waals surface area contributed by atoms with Crippen molar-refractivity contribution in [1.29, 1.82) is 0 Å². The highest BCUT2D eigenvalue weighted by molar-refractivity contribution is 6.00. The van der Waals surface area contributed by atoms with Gasteiger partial charge in [-0.1, -0.05) is 42.5 Å². The van der Waals surface area contributed by atoms with Gasteiger partial charge in [-0.3, -0.25) is 4.79 Å². The van der Waals surface area contributed by atoms with Gasteiger partial charge in [-0.2, -0.15) is 0 Å². The number of aromatic amines is 1. The van der Waals surface area contributed by atoms with Crippen molar-refractivity contribution in [3.63, 3.8) is 0 Å². The molecule has 3 aromatic carbocycles. The molecule has 4 N–H and O–H groups in total. The molecule has 4 heteroatoms. The van der Waals surface area contributed by atoms with Gasteiger partial charge in [0.25, 0.3) is 5.91 Å². The van der Waals surface area contributed by atoms with Crippen LogP contribution in [0.5, 0.6) is 0 Å². The molecule has 0 aliphatic heterocycles. The lowest BCUT2D eigenvalue weighted by molar-refractivity contribution is 0.0930. The lowest BCUT2D eigenvalue weighted by atomic mass is 9.96. The zero-order valence-electron chi connectivity index (χ0n) is 16.8. The van der Waals surface area contributed by atoms with Crippen molar-refractivity contribution in [2.75, 3.05) is 0 Å². The van der Waals surface area contributed by atoms with E-state index < -0.39 is 0 Å². The molecule has 1 aliphatic rings. The van der Waals surface area contributed by atoms with Gasteiger partial charge in [-0.15, -0.1) is 0 Å². The highest BCUT2D eigenvalue weighted by Crippen LogP contribution is 2.48. The quantitative estimate of drug-likeness (QED) is 0.460. The Kier molecular flexibility index (Phi) is 4.00. The Morgan fingerprint density at radius 2 is 1.83 bits per heavy atom. The second kappa shape index (κ2) is 6.46. The van der Waals surface area contributed by atoms with Crippen LogP contribution in [0.4, 0.5) is 0 Å². The summed E-state index contributed by atoms with van der Waals surface area (Å²) >= 11 is 0. The van der Waals surface area contributed by atoms with Crippen molar-refractivity contribution in [2.24, 2.45) is 5.73 Å². The second-order valence-electron chi connectivity index (χ2n) is 8.33. The van der Waals surface area contributed by atoms with Crippen molar-refractivity contribution in [2.45, 2.75) is 38.3 Å². The molecule has 146 valence electrons. The summed E-state index contributed by atoms with van der Waals surface area (Å²) in [6, 6.07) is 20.7. The van der Waals surface area contributed by atoms with E-state index in [1.54, 1.807) is 0 Å². The number of aryl methyl sites for hydroxylation is 1. The summed E-state index contributed by atoms with van der Waals surface area (Å²) in [6.45, 7) is 3.94. The molecule has 1 aromatic heterocycles. The minimum Gasteiger partial charge on any atom is -0.357 e. The Morgan fingerprint density at radius 1 is 1.07 bits per heavy atom. The number of hydrogen-bond donors (Lipinski definition) is 3. The zero-order chi connectivity index (χ0) is 20.2. The molecular formula is C25H25N3O. The maximum absolute atomic E-state index is 13.3. The van der Waals surface area contributed by atoms with Crippen molar-refractivity contribution in [3.05, 3.63) is 83.0 Å². The van der Waals surface area contributed by atoms with Gasteiger partial charge in [0.2, 0.25) is 0 Å². The summed E-state index contributed by atoms with van der Waals surface area (Å²) < 4.78 is 0. The van der Waals surface area contributed by atoms with Crippen molar-refractivity contribution in [1.82, 2.24) is 10.3 Å². The predicted molar refractivity (Wildman–Crippen MR) is 118 cm³/mol. The van der Waals surface area contributed by atoms with Gasteiger partial charge >= 0.3 is 0 Å². The number of fused-ring (bicyclic) bond motifs is 2. The Labute approximate surface area is 170 Å². The second-order valence-corrected chi connectivity index (χ2v) is 8.33. The highest BCUT2D eigenvalue weighted by Gasteiger charge is 2.46. The standard InChI is InChI=1S/C25H25N3O/c1-15-12-18-13-22(16(2)26)27-23(18)14-20(15)24(29)28-25(10-11-25)21-9-5-7-17-6-3-4-8-19(17)21/h3-9,12-14,16,27H,10-11,26H2,1-2H3,(H,28,29). The molecule has 1 atom stereocenters. The zero-order valence-corrected chi connectivity index (χ0v) is 16.8. The van der Waals surface area contributed by atoms with Gasteiger partial charge in [0.1, 0.15) is 0 Å². The van der Waals surface area contributed by atoms with Crippen molar-refractivity contribution < 1.29 is 4.79 Å². The summed E-state index contributed by atoms with van der Waals surface area (Å²) in [5.41, 5.74) is 10.5. The van der Waals surface area contributed by atoms with E-state index in [1.807, 2.05) is 19.9 Å². The summed E-state index contributed by atoms with van der Waals surface area (Å²) in [6.07, 6.45) is 1.93. The predicted octanol–water partition coefficient (Wildman–Crippen LogP) is 5.07. The van der Waals surface area contributed by atoms with E-state index in [1.165, 1.54) is 16.3 Å². The van der Waals surface area contributed by atoms with Gasteiger partial charge in [0.15, 0.2) is 0 Å². The molecule has 0 saturated heterocycles. The van der Waals surface area contributed by atoms with E-state index in [0.717, 1.165) is 35.0 Å². The third kappa shape index (κ3) is 3.00. The van der Waals surface area contributed by atoms with Crippen LogP contribution in [0.25, 0.3) is 21.7 Å². The number of aromatic nitrogens is 1. The van der Waals surface area contributed by atoms with E-state index in [0.29, 0.717) is 5.56 Å². The fourth-order valence-electron chi connectivity index (χ4n) is 4.32. The monoisotopic (exact) mass is 383 g/mol. The van der Waals surface area contributed by atoms with Crippen LogP contribution >= 0.6 is 0 Å². The molecule has 1 amide bonds. The van der Waals surface area contributed by atoms with Crippen LogP contribution in [0, 0.1) is 6.92 Å². The van der Waals surface area contributed by atoms with E-state index in [4.69, 9.17) is 5.73 Å². The van der Waals surface area contributed by atoms with Crippen molar-refractivity contribution in [3.8, 4) is 0 Å². The van der Waals surface area contributed by atoms with E-state index in [2.05, 4.69) is 64.9 Å². The molecule has 4 aromatic rings. The first-order valence-electron chi connectivity index (χ1n) is 10.2. The maximum Gasteiger partial charge on any atom is 0.252 e. The number of amides is 1. The molecular weight excluding hydrogens is 358 g/mol. The molecule has 4 nitrogen and oxygen atoms in total. The smallest absolute Gasteiger partial charge is 0.252 e. The Balaban J connectivity index is 1.50. The number of carbonyl (C=O) groups excluding carboxylic acids is 1. The molecule has 1 heterocycles. The normalized spacial score (nSPS) is 16.1. The lowest BCUT2D eigenvalue weighted by Gasteiger charge is -2.21. The summed E-state index contributed by atoms with van der Waals surface area (Å²) in [7, 11) is 0. The topological polar surface area (TPSA) is 70.9 Å². The third-order valence-electron chi connectivity index (χ3n) is 6.13. The van der Waals surface area contributed by atoms with E-state index in [9.17, 15) is 4.79 Å². The lowest BCUT2D eigenvalue weighted by Crippen LogP contribution is -2.35. The van der Waals surface area contributed by atoms with Crippen LogP contribution in [0.15, 0.2) is 60.7 Å². The molecule has 1 unspecified atom stereocenters. The summed E-state index contributed by atoms with van der Waals surface area (Å²) in [5.74, 6) is -0.0215. The molecule has 29 heavy (non-hydrogen) atoms. The molecule has 5 rings (SSSR count). The van der Waals surface area contributed by atoms with Gasteiger partial charge < -0.3 is 16.0 Å². The van der Waals surface area contributed by atoms with Crippen LogP contribution in [-0.4, -0.2) is 10.9 Å². The molecule has 0 spiro atoms. The molecule has 1 fully saturated rings. The van der Waals surface area contributed by atoms with Gasteiger partial charge in [-0.05, 0) is 66.8 Å². The number of hydrogen-bond acceptors (Lipinski definition) is 2. The minimum atomic E-state index is -0.272. The van der Waals surface area contributed by atoms with E-state index >= 15 is 0 Å². The maximum atomic E-state index is 13.3. The summed E-state index contributed by atoms with van der Waals surface area (Å²) in [4.78, 5) is 16.6. The fraction of sp³-hybridized carbons (Fsp3) is 0.240. The first-order chi connectivity index (χ1) is 14.0. The largest absolute Gasteiger partial charge is 0.357 e. The Bertz CT molecular complexity index is 1240. The number of benzene rings is 3. The number of rotatable bonds is 4. The fourth-order valence-corrected chi connectivity index (χ4v) is 4.32. The van der Waals surface area contributed by atoms with Crippen molar-refractivity contribution >= 4 is 27.6 Å². The Hall–Kier alpha value is -3.11. The Morgan fingerprint density at radius 3 is 2.59 bits per heavy atom. The SMILES string of the molecule is Cc1cc2cc(C(C)N)[nH]c2cc1C(=O)NC1(c2cccc3ccccc23)CC1. The van der Waals surface area contributed by atoms with Crippen LogP contribution < -0.4 is 11.1 Å². The number of nitrogens with one attached hydrogen (secondary N) is 2. The van der Waals surface area contributed by atoms with Crippen LogP contribution in [-0.2, 0) is 5.54 Å². The van der Waals surface area contributed by atoms with Gasteiger partial charge in [0.05, 0.1) is 5.54 Å². The molecule has 1 aliphatic carbocycles. The number of carbonyl (C=O) groups is 1. The van der Waals surface area contributed by atoms with Crippen LogP contribution in [0.1, 0.15) is 53.0 Å². The molecule has 0 bridgehead atoms. The molecule has 0 radical (unpaired) electrons. The van der Waals surface area contributed by atoms with Crippen LogP contribution in [0.3, 0.4) is 0 Å². The average molecular weight is 383 g/mol. The highest BCUT2D eigenvalue weighted by atomic mass is 16.1. The van der Waals surface area contributed by atoms with Gasteiger partial charge in [-0.25, -0.2) is 0 Å². The number of H-pyrrole nitrogens is 1. The first kappa shape index (κ1) is 18.0. The number of nitrogens with two attached hydrogens (primary N) is 1. The van der Waals surface area contributed by atoms with Crippen LogP contribution in [0.2, 0.25) is 0 Å². The van der Waals surface area contributed by atoms with Gasteiger partial charge in [0, 0.05) is 28.2 Å². The van der Waals surface area contributed by atoms with E-state index in [-0.39, 0.29) is 17.5 Å². The summed E-state index contributed by atoms with van der Waals surface area (Å²) in [5, 5.41) is 6.85. The third-order valence-corrected chi connectivity index (χ3v) is 6.13. The minimum absolute atomic E-state index is 0.0215. The first-order valence-corrected chi connectivity index (χ1v) is 10.2. The molecule has 1 saturated carbocycles.